The maximum atomic E-state index is 12.6. The topological polar surface area (TPSA) is 84.2 Å². The molecule has 0 aromatic rings. The molecule has 0 radical (unpaired) electrons. The van der Waals surface area contributed by atoms with E-state index in [1.807, 2.05) is 13.8 Å². The van der Waals surface area contributed by atoms with Crippen LogP contribution in [-0.4, -0.2) is 37.1 Å². The molecule has 1 atom stereocenters. The number of nitrogens with two attached hydrogens (primary N) is 1. The first-order valence-electron chi connectivity index (χ1n) is 7.98. The number of rotatable bonds is 6. The van der Waals surface area contributed by atoms with Crippen molar-refractivity contribution in [2.45, 2.75) is 51.7 Å². The Morgan fingerprint density at radius 3 is 2.17 bits per heavy atom. The molecule has 5 nitrogen and oxygen atoms in total. The molecule has 1 saturated carbocycles. The fourth-order valence-electron chi connectivity index (χ4n) is 2.60. The first kappa shape index (κ1) is 19.7. The fraction of sp³-hybridized carbons (Fsp3) is 0.867. The second kappa shape index (κ2) is 8.52. The molecule has 134 valence electrons. The van der Waals surface area contributed by atoms with E-state index in [2.05, 4.69) is 10.6 Å². The van der Waals surface area contributed by atoms with Crippen LogP contribution < -0.4 is 16.4 Å². The van der Waals surface area contributed by atoms with E-state index in [0.717, 1.165) is 0 Å². The highest BCUT2D eigenvalue weighted by Crippen LogP contribution is 2.39. The largest absolute Gasteiger partial charge is 0.391 e. The van der Waals surface area contributed by atoms with Crippen molar-refractivity contribution in [3.63, 3.8) is 0 Å². The summed E-state index contributed by atoms with van der Waals surface area (Å²) in [5, 5.41) is 5.11. The van der Waals surface area contributed by atoms with E-state index < -0.39 is 18.1 Å². The van der Waals surface area contributed by atoms with Gasteiger partial charge in [-0.15, -0.1) is 0 Å². The highest BCUT2D eigenvalue weighted by Gasteiger charge is 2.41. The summed E-state index contributed by atoms with van der Waals surface area (Å²) in [6.07, 6.45) is -2.98. The van der Waals surface area contributed by atoms with Crippen molar-refractivity contribution < 1.29 is 22.8 Å². The maximum Gasteiger partial charge on any atom is 0.391 e. The zero-order chi connectivity index (χ0) is 17.6. The maximum absolute atomic E-state index is 12.6. The summed E-state index contributed by atoms with van der Waals surface area (Å²) >= 11 is 0. The SMILES string of the molecule is CC(C)[C@H](N)C(=O)NCC(=O)NCC1CCC(C(F)(F)F)CC1. The fourth-order valence-corrected chi connectivity index (χ4v) is 2.60. The lowest BCUT2D eigenvalue weighted by molar-refractivity contribution is -0.183. The number of hydrogen-bond acceptors (Lipinski definition) is 3. The number of amides is 2. The minimum atomic E-state index is -4.12. The average molecular weight is 337 g/mol. The Kier molecular flexibility index (Phi) is 7.31. The Morgan fingerprint density at radius 1 is 1.13 bits per heavy atom. The minimum Gasteiger partial charge on any atom is -0.354 e. The summed E-state index contributed by atoms with van der Waals surface area (Å²) in [6, 6.07) is -0.666. The van der Waals surface area contributed by atoms with E-state index in [1.165, 1.54) is 0 Å². The van der Waals surface area contributed by atoms with E-state index in [4.69, 9.17) is 5.73 Å². The van der Waals surface area contributed by atoms with Gasteiger partial charge in [0.25, 0.3) is 0 Å². The Morgan fingerprint density at radius 2 is 1.70 bits per heavy atom. The molecule has 0 aliphatic heterocycles. The lowest BCUT2D eigenvalue weighted by Gasteiger charge is -2.29. The van der Waals surface area contributed by atoms with Crippen LogP contribution in [0.3, 0.4) is 0 Å². The van der Waals surface area contributed by atoms with Crippen LogP contribution >= 0.6 is 0 Å². The standard InChI is InChI=1S/C15H26F3N3O2/c1-9(2)13(19)14(23)21-8-12(22)20-7-10-3-5-11(6-4-10)15(16,17)18/h9-11,13H,3-8,19H2,1-2H3,(H,20,22)(H,21,23)/t10?,11?,13-/m0/s1. The second-order valence-corrected chi connectivity index (χ2v) is 6.55. The van der Waals surface area contributed by atoms with Gasteiger partial charge in [-0.1, -0.05) is 13.8 Å². The summed E-state index contributed by atoms with van der Waals surface area (Å²) in [7, 11) is 0. The van der Waals surface area contributed by atoms with Crippen LogP contribution in [0.15, 0.2) is 0 Å². The molecule has 0 aromatic heterocycles. The average Bonchev–Trinajstić information content (AvgIpc) is 2.49. The molecule has 1 fully saturated rings. The smallest absolute Gasteiger partial charge is 0.354 e. The third-order valence-corrected chi connectivity index (χ3v) is 4.34. The van der Waals surface area contributed by atoms with Gasteiger partial charge in [-0.05, 0) is 37.5 Å². The molecule has 0 heterocycles. The molecule has 0 saturated heterocycles. The number of nitrogens with one attached hydrogen (secondary N) is 2. The Hall–Kier alpha value is -1.31. The van der Waals surface area contributed by atoms with Gasteiger partial charge in [0.05, 0.1) is 18.5 Å². The van der Waals surface area contributed by atoms with E-state index in [0.29, 0.717) is 19.4 Å². The van der Waals surface area contributed by atoms with Crippen LogP contribution in [0.5, 0.6) is 0 Å². The molecule has 0 aromatic carbocycles. The third kappa shape index (κ3) is 6.76. The normalized spacial score (nSPS) is 23.4. The number of hydrogen-bond donors (Lipinski definition) is 3. The second-order valence-electron chi connectivity index (χ2n) is 6.55. The van der Waals surface area contributed by atoms with Crippen molar-refractivity contribution in [2.24, 2.45) is 23.5 Å². The molecule has 23 heavy (non-hydrogen) atoms. The van der Waals surface area contributed by atoms with Crippen LogP contribution in [0.25, 0.3) is 0 Å². The number of alkyl halides is 3. The van der Waals surface area contributed by atoms with Crippen LogP contribution in [-0.2, 0) is 9.59 Å². The Labute approximate surface area is 134 Å². The zero-order valence-corrected chi connectivity index (χ0v) is 13.6. The van der Waals surface area contributed by atoms with Gasteiger partial charge in [-0.2, -0.15) is 13.2 Å². The number of halogens is 3. The van der Waals surface area contributed by atoms with Gasteiger partial charge in [-0.3, -0.25) is 9.59 Å². The van der Waals surface area contributed by atoms with Gasteiger partial charge in [0, 0.05) is 6.54 Å². The molecule has 4 N–H and O–H groups in total. The van der Waals surface area contributed by atoms with Crippen molar-refractivity contribution in [1.29, 1.82) is 0 Å². The van der Waals surface area contributed by atoms with Gasteiger partial charge < -0.3 is 16.4 Å². The summed E-state index contributed by atoms with van der Waals surface area (Å²) < 4.78 is 37.7. The van der Waals surface area contributed by atoms with Crippen molar-refractivity contribution in [3.8, 4) is 0 Å². The predicted molar refractivity (Wildman–Crippen MR) is 80.3 cm³/mol. The van der Waals surface area contributed by atoms with E-state index in [1.54, 1.807) is 0 Å². The van der Waals surface area contributed by atoms with Crippen LogP contribution in [0.1, 0.15) is 39.5 Å². The monoisotopic (exact) mass is 337 g/mol. The molecular formula is C15H26F3N3O2. The highest BCUT2D eigenvalue weighted by molar-refractivity contribution is 5.87. The van der Waals surface area contributed by atoms with Gasteiger partial charge in [-0.25, -0.2) is 0 Å². The number of carbonyl (C=O) groups excluding carboxylic acids is 2. The molecular weight excluding hydrogens is 311 g/mol. The Bertz CT molecular complexity index is 405. The molecule has 0 unspecified atom stereocenters. The van der Waals surface area contributed by atoms with E-state index in [9.17, 15) is 22.8 Å². The number of carbonyl (C=O) groups is 2. The molecule has 1 rings (SSSR count). The van der Waals surface area contributed by atoms with E-state index >= 15 is 0 Å². The van der Waals surface area contributed by atoms with Gasteiger partial charge >= 0.3 is 6.18 Å². The van der Waals surface area contributed by atoms with Gasteiger partial charge in [0.1, 0.15) is 0 Å². The lowest BCUT2D eigenvalue weighted by Crippen LogP contribution is -2.47. The zero-order valence-electron chi connectivity index (χ0n) is 13.6. The Balaban J connectivity index is 2.21. The quantitative estimate of drug-likeness (QED) is 0.688. The molecule has 0 bridgehead atoms. The van der Waals surface area contributed by atoms with Crippen LogP contribution in [0, 0.1) is 17.8 Å². The van der Waals surface area contributed by atoms with Crippen molar-refractivity contribution in [3.05, 3.63) is 0 Å². The first-order valence-corrected chi connectivity index (χ1v) is 7.98. The molecule has 8 heteroatoms. The summed E-state index contributed by atoms with van der Waals surface area (Å²) in [6.45, 7) is 3.79. The van der Waals surface area contributed by atoms with Gasteiger partial charge in [0.15, 0.2) is 0 Å². The summed E-state index contributed by atoms with van der Waals surface area (Å²) in [5.74, 6) is -1.92. The molecule has 2 amide bonds. The van der Waals surface area contributed by atoms with E-state index in [-0.39, 0.29) is 43.0 Å². The van der Waals surface area contributed by atoms with Gasteiger partial charge in [0.2, 0.25) is 11.8 Å². The van der Waals surface area contributed by atoms with Crippen molar-refractivity contribution in [1.82, 2.24) is 10.6 Å². The van der Waals surface area contributed by atoms with Crippen molar-refractivity contribution in [2.75, 3.05) is 13.1 Å². The minimum absolute atomic E-state index is 0.0260. The van der Waals surface area contributed by atoms with Crippen LogP contribution in [0.2, 0.25) is 0 Å². The summed E-state index contributed by atoms with van der Waals surface area (Å²) in [5.41, 5.74) is 5.65. The third-order valence-electron chi connectivity index (χ3n) is 4.34. The predicted octanol–water partition coefficient (Wildman–Crippen LogP) is 1.57. The van der Waals surface area contributed by atoms with Crippen molar-refractivity contribution >= 4 is 11.8 Å². The highest BCUT2D eigenvalue weighted by atomic mass is 19.4. The molecule has 1 aliphatic rings. The summed E-state index contributed by atoms with van der Waals surface area (Å²) in [4.78, 5) is 23.3. The molecule has 0 spiro atoms. The van der Waals surface area contributed by atoms with Crippen LogP contribution in [0.4, 0.5) is 13.2 Å². The molecule has 1 aliphatic carbocycles. The lowest BCUT2D eigenvalue weighted by atomic mass is 9.81. The first-order chi connectivity index (χ1) is 10.6.